The van der Waals surface area contributed by atoms with Crippen LogP contribution >= 0.6 is 0 Å². The number of benzene rings is 2. The van der Waals surface area contributed by atoms with Gasteiger partial charge in [0.2, 0.25) is 0 Å². The predicted octanol–water partition coefficient (Wildman–Crippen LogP) is 3.35. The molecule has 2 aromatic rings. The van der Waals surface area contributed by atoms with Crippen molar-refractivity contribution in [3.63, 3.8) is 0 Å². The molecule has 4 heteroatoms. The molecule has 3 nitrogen and oxygen atoms in total. The first-order valence-corrected chi connectivity index (χ1v) is 6.36. The SMILES string of the molecule is CCOc1ccc(C)cc1C(=O)c1ccc(F)cc1N. The lowest BCUT2D eigenvalue weighted by molar-refractivity contribution is 0.103. The number of anilines is 1. The van der Waals surface area contributed by atoms with Crippen LogP contribution in [-0.2, 0) is 0 Å². The fourth-order valence-electron chi connectivity index (χ4n) is 1.99. The highest BCUT2D eigenvalue weighted by Gasteiger charge is 2.17. The van der Waals surface area contributed by atoms with E-state index in [2.05, 4.69) is 0 Å². The van der Waals surface area contributed by atoms with Crippen LogP contribution in [0.4, 0.5) is 10.1 Å². The highest BCUT2D eigenvalue weighted by Crippen LogP contribution is 2.25. The third-order valence-electron chi connectivity index (χ3n) is 2.94. The molecule has 104 valence electrons. The van der Waals surface area contributed by atoms with Crippen LogP contribution in [0.2, 0.25) is 0 Å². The maximum Gasteiger partial charge on any atom is 0.198 e. The maximum absolute atomic E-state index is 13.1. The number of hydrogen-bond donors (Lipinski definition) is 1. The normalized spacial score (nSPS) is 10.3. The summed E-state index contributed by atoms with van der Waals surface area (Å²) in [6.45, 7) is 4.20. The van der Waals surface area contributed by atoms with Crippen molar-refractivity contribution in [3.05, 3.63) is 58.9 Å². The molecule has 0 saturated heterocycles. The lowest BCUT2D eigenvalue weighted by Crippen LogP contribution is -2.08. The lowest BCUT2D eigenvalue weighted by atomic mass is 9.99. The van der Waals surface area contributed by atoms with E-state index in [1.54, 1.807) is 12.1 Å². The van der Waals surface area contributed by atoms with Crippen LogP contribution in [0, 0.1) is 12.7 Å². The summed E-state index contributed by atoms with van der Waals surface area (Å²) in [6, 6.07) is 9.13. The minimum atomic E-state index is -0.465. The average molecular weight is 273 g/mol. The molecule has 2 rings (SSSR count). The molecule has 0 atom stereocenters. The third kappa shape index (κ3) is 2.79. The Bertz CT molecular complexity index is 653. The van der Waals surface area contributed by atoms with E-state index in [1.165, 1.54) is 12.1 Å². The van der Waals surface area contributed by atoms with Crippen LogP contribution in [0.1, 0.15) is 28.4 Å². The number of nitrogens with two attached hydrogens (primary N) is 1. The van der Waals surface area contributed by atoms with Crippen LogP contribution in [-0.4, -0.2) is 12.4 Å². The molecule has 0 amide bonds. The van der Waals surface area contributed by atoms with Crippen LogP contribution in [0.15, 0.2) is 36.4 Å². The summed E-state index contributed by atoms with van der Waals surface area (Å²) in [7, 11) is 0. The quantitative estimate of drug-likeness (QED) is 0.686. The summed E-state index contributed by atoms with van der Waals surface area (Å²) in [5, 5.41) is 0. The summed E-state index contributed by atoms with van der Waals surface area (Å²) in [5.74, 6) is -0.227. The van der Waals surface area contributed by atoms with E-state index >= 15 is 0 Å². The van der Waals surface area contributed by atoms with Gasteiger partial charge >= 0.3 is 0 Å². The summed E-state index contributed by atoms with van der Waals surface area (Å²) in [4.78, 5) is 12.5. The maximum atomic E-state index is 13.1. The molecule has 0 saturated carbocycles. The molecule has 0 heterocycles. The molecule has 20 heavy (non-hydrogen) atoms. The molecule has 0 aliphatic rings. The minimum Gasteiger partial charge on any atom is -0.493 e. The second-order valence-electron chi connectivity index (χ2n) is 4.49. The smallest absolute Gasteiger partial charge is 0.198 e. The van der Waals surface area contributed by atoms with Crippen LogP contribution in [0.3, 0.4) is 0 Å². The van der Waals surface area contributed by atoms with Gasteiger partial charge in [0.25, 0.3) is 0 Å². The third-order valence-corrected chi connectivity index (χ3v) is 2.94. The van der Waals surface area contributed by atoms with E-state index in [1.807, 2.05) is 19.9 Å². The Balaban J connectivity index is 2.49. The first-order chi connectivity index (χ1) is 9.52. The monoisotopic (exact) mass is 273 g/mol. The Hall–Kier alpha value is -2.36. The molecular formula is C16H16FNO2. The summed E-state index contributed by atoms with van der Waals surface area (Å²) >= 11 is 0. The van der Waals surface area contributed by atoms with Gasteiger partial charge in [0.05, 0.1) is 12.2 Å². The number of aryl methyl sites for hydroxylation is 1. The van der Waals surface area contributed by atoms with Gasteiger partial charge in [-0.3, -0.25) is 4.79 Å². The highest BCUT2D eigenvalue weighted by atomic mass is 19.1. The zero-order chi connectivity index (χ0) is 14.7. The molecule has 2 aromatic carbocycles. The molecule has 0 aromatic heterocycles. The summed E-state index contributed by atoms with van der Waals surface area (Å²) in [5.41, 5.74) is 7.50. The predicted molar refractivity (Wildman–Crippen MR) is 76.6 cm³/mol. The fourth-order valence-corrected chi connectivity index (χ4v) is 1.99. The van der Waals surface area contributed by atoms with Gasteiger partial charge in [-0.2, -0.15) is 0 Å². The van der Waals surface area contributed by atoms with Gasteiger partial charge in [-0.25, -0.2) is 4.39 Å². The van der Waals surface area contributed by atoms with Crippen LogP contribution in [0.5, 0.6) is 5.75 Å². The molecule has 0 radical (unpaired) electrons. The van der Waals surface area contributed by atoms with E-state index in [9.17, 15) is 9.18 Å². The van der Waals surface area contributed by atoms with Crippen LogP contribution in [0.25, 0.3) is 0 Å². The number of carbonyl (C=O) groups excluding carboxylic acids is 1. The number of halogens is 1. The Morgan fingerprint density at radius 2 is 1.95 bits per heavy atom. The number of nitrogen functional groups attached to an aromatic ring is 1. The number of carbonyl (C=O) groups is 1. The number of ketones is 1. The van der Waals surface area contributed by atoms with Crippen molar-refractivity contribution in [1.82, 2.24) is 0 Å². The highest BCUT2D eigenvalue weighted by molar-refractivity contribution is 6.13. The topological polar surface area (TPSA) is 52.3 Å². The van der Waals surface area contributed by atoms with Gasteiger partial charge in [-0.05, 0) is 44.2 Å². The van der Waals surface area contributed by atoms with Gasteiger partial charge in [-0.1, -0.05) is 11.6 Å². The molecule has 0 aliphatic carbocycles. The lowest BCUT2D eigenvalue weighted by Gasteiger charge is -2.11. The van der Waals surface area contributed by atoms with Gasteiger partial charge in [-0.15, -0.1) is 0 Å². The van der Waals surface area contributed by atoms with Crippen molar-refractivity contribution in [2.45, 2.75) is 13.8 Å². The largest absolute Gasteiger partial charge is 0.493 e. The van der Waals surface area contributed by atoms with E-state index in [-0.39, 0.29) is 17.0 Å². The van der Waals surface area contributed by atoms with Crippen molar-refractivity contribution in [2.75, 3.05) is 12.3 Å². The second-order valence-corrected chi connectivity index (χ2v) is 4.49. The number of ether oxygens (including phenoxy) is 1. The molecule has 0 spiro atoms. The second kappa shape index (κ2) is 5.74. The molecule has 2 N–H and O–H groups in total. The number of hydrogen-bond acceptors (Lipinski definition) is 3. The van der Waals surface area contributed by atoms with Gasteiger partial charge < -0.3 is 10.5 Å². The Labute approximate surface area is 117 Å². The van der Waals surface area contributed by atoms with Crippen molar-refractivity contribution < 1.29 is 13.9 Å². The summed E-state index contributed by atoms with van der Waals surface area (Å²) < 4.78 is 18.5. The molecular weight excluding hydrogens is 257 g/mol. The zero-order valence-corrected chi connectivity index (χ0v) is 11.4. The summed E-state index contributed by atoms with van der Waals surface area (Å²) in [6.07, 6.45) is 0. The molecule has 0 unspecified atom stereocenters. The first kappa shape index (κ1) is 14.1. The molecule has 0 fully saturated rings. The zero-order valence-electron chi connectivity index (χ0n) is 11.4. The molecule has 0 aliphatic heterocycles. The fraction of sp³-hybridized carbons (Fsp3) is 0.188. The Kier molecular flexibility index (Phi) is 4.03. The minimum absolute atomic E-state index is 0.124. The van der Waals surface area contributed by atoms with E-state index in [0.717, 1.165) is 11.6 Å². The van der Waals surface area contributed by atoms with Crippen molar-refractivity contribution in [3.8, 4) is 5.75 Å². The van der Waals surface area contributed by atoms with Crippen molar-refractivity contribution >= 4 is 11.5 Å². The first-order valence-electron chi connectivity index (χ1n) is 6.36. The van der Waals surface area contributed by atoms with E-state index in [0.29, 0.717) is 17.9 Å². The number of rotatable bonds is 4. The van der Waals surface area contributed by atoms with Crippen molar-refractivity contribution in [2.24, 2.45) is 0 Å². The molecule has 0 bridgehead atoms. The Morgan fingerprint density at radius 1 is 1.20 bits per heavy atom. The average Bonchev–Trinajstić information content (AvgIpc) is 2.40. The van der Waals surface area contributed by atoms with Crippen molar-refractivity contribution in [1.29, 1.82) is 0 Å². The van der Waals surface area contributed by atoms with Gasteiger partial charge in [0.1, 0.15) is 11.6 Å². The Morgan fingerprint density at radius 3 is 2.60 bits per heavy atom. The van der Waals surface area contributed by atoms with E-state index < -0.39 is 5.82 Å². The van der Waals surface area contributed by atoms with E-state index in [4.69, 9.17) is 10.5 Å². The standard InChI is InChI=1S/C16H16FNO2/c1-3-20-15-7-4-10(2)8-13(15)16(19)12-6-5-11(17)9-14(12)18/h4-9H,3,18H2,1-2H3. The van der Waals surface area contributed by atoms with Gasteiger partial charge in [0.15, 0.2) is 5.78 Å². The van der Waals surface area contributed by atoms with Gasteiger partial charge in [0, 0.05) is 11.3 Å². The van der Waals surface area contributed by atoms with Crippen LogP contribution < -0.4 is 10.5 Å².